The van der Waals surface area contributed by atoms with Crippen molar-refractivity contribution in [1.82, 2.24) is 19.2 Å². The van der Waals surface area contributed by atoms with Gasteiger partial charge in [-0.2, -0.15) is 0 Å². The molecule has 0 saturated carbocycles. The second-order valence-electron chi connectivity index (χ2n) is 6.65. The van der Waals surface area contributed by atoms with Crippen LogP contribution in [0.3, 0.4) is 0 Å². The van der Waals surface area contributed by atoms with Gasteiger partial charge in [-0.15, -0.1) is 10.2 Å². The van der Waals surface area contributed by atoms with Gasteiger partial charge in [-0.3, -0.25) is 4.79 Å². The fourth-order valence-corrected chi connectivity index (χ4v) is 5.23. The molecule has 0 bridgehead atoms. The Hall–Kier alpha value is -2.24. The van der Waals surface area contributed by atoms with Gasteiger partial charge in [0.1, 0.15) is 21.9 Å². The molecular weight excluding hydrogens is 473 g/mol. The maximum Gasteiger partial charge on any atom is 0.242 e. The Balaban J connectivity index is 0.00000141. The average Bonchev–Trinajstić information content (AvgIpc) is 3.30. The number of hydrogen-bond acceptors (Lipinski definition) is 5. The van der Waals surface area contributed by atoms with Crippen molar-refractivity contribution < 1.29 is 13.4 Å². The molecule has 170 valence electrons. The quantitative estimate of drug-likeness (QED) is 0.554. The van der Waals surface area contributed by atoms with Crippen molar-refractivity contribution in [2.75, 3.05) is 12.4 Å². The van der Waals surface area contributed by atoms with E-state index in [1.807, 2.05) is 44.2 Å². The lowest BCUT2D eigenvalue weighted by molar-refractivity contribution is -0.120. The predicted molar refractivity (Wildman–Crippen MR) is 127 cm³/mol. The zero-order valence-electron chi connectivity index (χ0n) is 17.7. The lowest BCUT2D eigenvalue weighted by Gasteiger charge is -2.34. The molecule has 2 aromatic carbocycles. The van der Waals surface area contributed by atoms with Crippen LogP contribution in [0, 0.1) is 5.82 Å². The molecule has 1 amide bonds. The number of nitrogens with one attached hydrogen (secondary N) is 2. The van der Waals surface area contributed by atoms with E-state index in [-0.39, 0.29) is 10.9 Å². The second-order valence-corrected chi connectivity index (χ2v) is 9.37. The smallest absolute Gasteiger partial charge is 0.242 e. The third-order valence-corrected chi connectivity index (χ3v) is 7.29. The fraction of sp³-hybridized carbons (Fsp3) is 0.286. The highest BCUT2D eigenvalue weighted by atomic mass is 35.5. The van der Waals surface area contributed by atoms with Crippen molar-refractivity contribution in [3.8, 4) is 10.6 Å². The number of benzene rings is 2. The molecule has 0 radical (unpaired) electrons. The Morgan fingerprint density at radius 2 is 1.97 bits per heavy atom. The Morgan fingerprint density at radius 3 is 2.66 bits per heavy atom. The number of aromatic nitrogens is 2. The van der Waals surface area contributed by atoms with Crippen molar-refractivity contribution in [2.24, 2.45) is 0 Å². The van der Waals surface area contributed by atoms with Gasteiger partial charge in [0, 0.05) is 18.3 Å². The molecule has 2 N–H and O–H groups in total. The van der Waals surface area contributed by atoms with Crippen molar-refractivity contribution in [3.05, 3.63) is 64.4 Å². The summed E-state index contributed by atoms with van der Waals surface area (Å²) in [7, 11) is 1.59. The summed E-state index contributed by atoms with van der Waals surface area (Å²) in [5.74, 6) is -0.937. The molecule has 3 unspecified atom stereocenters. The van der Waals surface area contributed by atoms with Crippen molar-refractivity contribution in [2.45, 2.75) is 32.4 Å². The first-order valence-electron chi connectivity index (χ1n) is 9.98. The van der Waals surface area contributed by atoms with Gasteiger partial charge in [0.05, 0.1) is 11.1 Å². The van der Waals surface area contributed by atoms with E-state index in [1.54, 1.807) is 7.05 Å². The van der Waals surface area contributed by atoms with Crippen LogP contribution in [0.5, 0.6) is 0 Å². The van der Waals surface area contributed by atoms with Gasteiger partial charge >= 0.3 is 0 Å². The molecule has 1 aliphatic heterocycles. The van der Waals surface area contributed by atoms with E-state index in [0.29, 0.717) is 17.1 Å². The molecule has 32 heavy (non-hydrogen) atoms. The first-order valence-corrected chi connectivity index (χ1v) is 12.3. The van der Waals surface area contributed by atoms with E-state index in [0.717, 1.165) is 10.6 Å². The Bertz CT molecular complexity index is 1100. The maximum absolute atomic E-state index is 13.4. The van der Waals surface area contributed by atoms with Crippen LogP contribution >= 0.6 is 22.9 Å². The summed E-state index contributed by atoms with van der Waals surface area (Å²) in [6.45, 7) is 4.00. The van der Waals surface area contributed by atoms with Gasteiger partial charge in [0.15, 0.2) is 11.2 Å². The van der Waals surface area contributed by atoms with Gasteiger partial charge < -0.3 is 5.32 Å². The number of anilines is 1. The van der Waals surface area contributed by atoms with Crippen LogP contribution < -0.4 is 10.0 Å². The minimum Gasteiger partial charge on any atom is -0.325 e. The molecule has 2 heterocycles. The summed E-state index contributed by atoms with van der Waals surface area (Å²) >= 11 is 5.58. The Labute approximate surface area is 197 Å². The minimum atomic E-state index is -1.59. The first kappa shape index (κ1) is 24.4. The number of likely N-dealkylation sites (N-methyl/N-ethyl adjacent to an activating group) is 1. The first-order chi connectivity index (χ1) is 15.4. The van der Waals surface area contributed by atoms with Crippen LogP contribution in [0.2, 0.25) is 5.02 Å². The fourth-order valence-electron chi connectivity index (χ4n) is 3.04. The van der Waals surface area contributed by atoms with Crippen LogP contribution in [0.25, 0.3) is 10.6 Å². The molecule has 1 saturated heterocycles. The third kappa shape index (κ3) is 5.57. The lowest BCUT2D eigenvalue weighted by atomic mass is 10.1. The van der Waals surface area contributed by atoms with Crippen LogP contribution in [-0.4, -0.2) is 37.7 Å². The maximum atomic E-state index is 13.4. The minimum absolute atomic E-state index is 0.0878. The van der Waals surface area contributed by atoms with Crippen molar-refractivity contribution >= 4 is 45.7 Å². The van der Waals surface area contributed by atoms with E-state index in [2.05, 4.69) is 20.2 Å². The second kappa shape index (κ2) is 11.1. The van der Waals surface area contributed by atoms with Gasteiger partial charge in [-0.1, -0.05) is 67.1 Å². The normalized spacial score (nSPS) is 20.8. The summed E-state index contributed by atoms with van der Waals surface area (Å²) in [5.41, 5.74) is 1.31. The van der Waals surface area contributed by atoms with Gasteiger partial charge in [-0.05, 0) is 24.6 Å². The topological polar surface area (TPSA) is 87.2 Å². The SMILES string of the molecule is CC.CN1C(C(=O)Nc2ccc(F)c(Cl)c2)CC(c2nnc(-c3ccccc3)s2)NS1=O. The van der Waals surface area contributed by atoms with E-state index >= 15 is 0 Å². The van der Waals surface area contributed by atoms with E-state index < -0.39 is 29.1 Å². The highest BCUT2D eigenvalue weighted by Crippen LogP contribution is 2.32. The number of halogens is 2. The van der Waals surface area contributed by atoms with E-state index in [4.69, 9.17) is 11.6 Å². The molecule has 3 atom stereocenters. The zero-order chi connectivity index (χ0) is 23.3. The van der Waals surface area contributed by atoms with E-state index in [9.17, 15) is 13.4 Å². The highest BCUT2D eigenvalue weighted by molar-refractivity contribution is 7.80. The number of amides is 1. The molecule has 7 nitrogen and oxygen atoms in total. The average molecular weight is 496 g/mol. The van der Waals surface area contributed by atoms with Gasteiger partial charge in [0.2, 0.25) is 5.91 Å². The largest absolute Gasteiger partial charge is 0.325 e. The summed E-state index contributed by atoms with van der Waals surface area (Å²) in [5, 5.41) is 12.5. The molecule has 0 spiro atoms. The van der Waals surface area contributed by atoms with E-state index in [1.165, 1.54) is 33.8 Å². The molecule has 0 aliphatic carbocycles. The zero-order valence-corrected chi connectivity index (χ0v) is 20.1. The highest BCUT2D eigenvalue weighted by Gasteiger charge is 2.37. The Kier molecular flexibility index (Phi) is 8.44. The molecule has 1 aromatic heterocycles. The van der Waals surface area contributed by atoms with Gasteiger partial charge in [-0.25, -0.2) is 17.6 Å². The van der Waals surface area contributed by atoms with Crippen LogP contribution in [0.1, 0.15) is 31.3 Å². The van der Waals surface area contributed by atoms with Gasteiger partial charge in [0.25, 0.3) is 0 Å². The van der Waals surface area contributed by atoms with Crippen molar-refractivity contribution in [3.63, 3.8) is 0 Å². The molecule has 4 rings (SSSR count). The number of rotatable bonds is 4. The molecule has 1 fully saturated rings. The van der Waals surface area contributed by atoms with Crippen molar-refractivity contribution in [1.29, 1.82) is 0 Å². The number of nitrogens with zero attached hydrogens (tertiary/aromatic N) is 3. The number of carbonyl (C=O) groups excluding carboxylic acids is 1. The molecule has 3 aromatic rings. The Morgan fingerprint density at radius 1 is 1.25 bits per heavy atom. The van der Waals surface area contributed by atoms with Crippen LogP contribution in [0.15, 0.2) is 48.5 Å². The summed E-state index contributed by atoms with van der Waals surface area (Å²) in [4.78, 5) is 12.8. The number of carbonyl (C=O) groups is 1. The standard InChI is InChI=1S/C19H17ClFN5O2S2.C2H6/c1-26-16(17(27)22-12-7-8-14(21)13(20)9-12)10-15(25-30(26)28)19-24-23-18(29-19)11-5-3-2-4-6-11;1-2/h2-9,15-16,25H,10H2,1H3,(H,22,27);1-2H3. The summed E-state index contributed by atoms with van der Waals surface area (Å²) < 4.78 is 30.3. The summed E-state index contributed by atoms with van der Waals surface area (Å²) in [6, 6.07) is 12.5. The number of hydrogen-bond donors (Lipinski definition) is 2. The molecular formula is C21H23ClFN5O2S2. The van der Waals surface area contributed by atoms with Crippen LogP contribution in [-0.2, 0) is 16.0 Å². The van der Waals surface area contributed by atoms with Crippen LogP contribution in [0.4, 0.5) is 10.1 Å². The lowest BCUT2D eigenvalue weighted by Crippen LogP contribution is -2.53. The summed E-state index contributed by atoms with van der Waals surface area (Å²) in [6.07, 6.45) is 0.340. The predicted octanol–water partition coefficient (Wildman–Crippen LogP) is 4.58. The third-order valence-electron chi connectivity index (χ3n) is 4.65. The molecule has 1 aliphatic rings. The monoisotopic (exact) mass is 495 g/mol. The molecule has 11 heteroatoms.